The summed E-state index contributed by atoms with van der Waals surface area (Å²) in [4.78, 5) is 45.9. The predicted molar refractivity (Wildman–Crippen MR) is 145 cm³/mol. The van der Waals surface area contributed by atoms with Crippen LogP contribution in [-0.4, -0.2) is 42.5 Å². The maximum atomic E-state index is 13.4. The van der Waals surface area contributed by atoms with Gasteiger partial charge >= 0.3 is 0 Å². The van der Waals surface area contributed by atoms with Gasteiger partial charge in [-0.1, -0.05) is 61.5 Å². The van der Waals surface area contributed by atoms with Crippen LogP contribution in [0, 0.1) is 6.92 Å². The SMILES string of the molecule is CCC[C@H](C)N1C(=O)[C@@H](CC(=O)Nc2ccccc2)SC1=Nc1c(C)n(C)n(-c2ccccc2)c1=O. The number of rotatable bonds is 8. The van der Waals surface area contributed by atoms with Gasteiger partial charge in [0.05, 0.1) is 11.4 Å². The van der Waals surface area contributed by atoms with E-state index in [0.717, 1.165) is 18.5 Å². The lowest BCUT2D eigenvalue weighted by Gasteiger charge is -2.24. The number of nitrogens with zero attached hydrogens (tertiary/aromatic N) is 4. The summed E-state index contributed by atoms with van der Waals surface area (Å²) in [6.45, 7) is 5.88. The monoisotopic (exact) mass is 505 g/mol. The Morgan fingerprint density at radius 1 is 1.08 bits per heavy atom. The summed E-state index contributed by atoms with van der Waals surface area (Å²) in [5.41, 5.74) is 2.15. The van der Waals surface area contributed by atoms with Crippen molar-refractivity contribution in [3.8, 4) is 5.69 Å². The highest BCUT2D eigenvalue weighted by molar-refractivity contribution is 8.15. The van der Waals surface area contributed by atoms with Crippen LogP contribution in [0.4, 0.5) is 11.4 Å². The van der Waals surface area contributed by atoms with Gasteiger partial charge < -0.3 is 5.32 Å². The van der Waals surface area contributed by atoms with Gasteiger partial charge in [0.1, 0.15) is 5.25 Å². The summed E-state index contributed by atoms with van der Waals surface area (Å²) in [7, 11) is 1.81. The summed E-state index contributed by atoms with van der Waals surface area (Å²) in [5.74, 6) is -0.390. The molecular formula is C27H31N5O3S. The highest BCUT2D eigenvalue weighted by Crippen LogP contribution is 2.34. The average molecular weight is 506 g/mol. The Balaban J connectivity index is 1.66. The van der Waals surface area contributed by atoms with Crippen LogP contribution in [0.25, 0.3) is 5.69 Å². The molecule has 0 unspecified atom stereocenters. The van der Waals surface area contributed by atoms with Crippen molar-refractivity contribution in [3.63, 3.8) is 0 Å². The van der Waals surface area contributed by atoms with Gasteiger partial charge in [0, 0.05) is 25.2 Å². The molecule has 4 rings (SSSR count). The van der Waals surface area contributed by atoms with Crippen molar-refractivity contribution in [2.24, 2.45) is 12.0 Å². The zero-order valence-electron chi connectivity index (χ0n) is 21.0. The minimum absolute atomic E-state index is 0.0226. The zero-order valence-corrected chi connectivity index (χ0v) is 21.8. The molecule has 9 heteroatoms. The van der Waals surface area contributed by atoms with E-state index in [1.54, 1.807) is 26.4 Å². The van der Waals surface area contributed by atoms with Crippen molar-refractivity contribution in [2.75, 3.05) is 5.32 Å². The van der Waals surface area contributed by atoms with E-state index in [1.165, 1.54) is 11.8 Å². The molecular weight excluding hydrogens is 474 g/mol. The molecule has 36 heavy (non-hydrogen) atoms. The van der Waals surface area contributed by atoms with E-state index in [2.05, 4.69) is 12.2 Å². The first-order valence-electron chi connectivity index (χ1n) is 12.1. The van der Waals surface area contributed by atoms with Crippen molar-refractivity contribution in [3.05, 3.63) is 76.7 Å². The van der Waals surface area contributed by atoms with Gasteiger partial charge in [-0.3, -0.25) is 24.0 Å². The lowest BCUT2D eigenvalue weighted by molar-refractivity contribution is -0.129. The molecule has 2 heterocycles. The quantitative estimate of drug-likeness (QED) is 0.483. The number of anilines is 1. The Bertz CT molecular complexity index is 1330. The molecule has 3 aromatic rings. The van der Waals surface area contributed by atoms with Gasteiger partial charge in [0.25, 0.3) is 5.56 Å². The molecule has 0 aliphatic carbocycles. The lowest BCUT2D eigenvalue weighted by atomic mass is 10.1. The first kappa shape index (κ1) is 25.5. The third-order valence-corrected chi connectivity index (χ3v) is 7.43. The molecule has 0 radical (unpaired) electrons. The maximum Gasteiger partial charge on any atom is 0.297 e. The number of nitrogens with one attached hydrogen (secondary N) is 1. The van der Waals surface area contributed by atoms with E-state index in [-0.39, 0.29) is 29.8 Å². The Hall–Kier alpha value is -3.59. The average Bonchev–Trinajstić information content (AvgIpc) is 3.28. The number of thioether (sulfide) groups is 1. The summed E-state index contributed by atoms with van der Waals surface area (Å²) < 4.78 is 3.34. The van der Waals surface area contributed by atoms with E-state index >= 15 is 0 Å². The van der Waals surface area contributed by atoms with Crippen molar-refractivity contribution in [2.45, 2.75) is 51.3 Å². The van der Waals surface area contributed by atoms with Gasteiger partial charge in [-0.25, -0.2) is 9.67 Å². The third kappa shape index (κ3) is 5.16. The molecule has 8 nitrogen and oxygen atoms in total. The maximum absolute atomic E-state index is 13.4. The highest BCUT2D eigenvalue weighted by Gasteiger charge is 2.41. The van der Waals surface area contributed by atoms with E-state index in [9.17, 15) is 14.4 Å². The van der Waals surface area contributed by atoms with Gasteiger partial charge in [0.15, 0.2) is 10.9 Å². The van der Waals surface area contributed by atoms with Crippen LogP contribution in [-0.2, 0) is 16.6 Å². The van der Waals surface area contributed by atoms with Crippen LogP contribution in [0.3, 0.4) is 0 Å². The van der Waals surface area contributed by atoms with Crippen LogP contribution < -0.4 is 10.9 Å². The molecule has 188 valence electrons. The number of hydrogen-bond acceptors (Lipinski definition) is 5. The molecule has 1 aromatic heterocycles. The zero-order chi connectivity index (χ0) is 25.8. The van der Waals surface area contributed by atoms with Crippen LogP contribution >= 0.6 is 11.8 Å². The second-order valence-corrected chi connectivity index (χ2v) is 10.0. The van der Waals surface area contributed by atoms with Crippen LogP contribution in [0.5, 0.6) is 0 Å². The molecule has 1 N–H and O–H groups in total. The lowest BCUT2D eigenvalue weighted by Crippen LogP contribution is -2.40. The summed E-state index contributed by atoms with van der Waals surface area (Å²) in [6.07, 6.45) is 1.71. The van der Waals surface area contributed by atoms with E-state index in [1.807, 2.05) is 69.4 Å². The molecule has 1 fully saturated rings. The Kier molecular flexibility index (Phi) is 7.79. The van der Waals surface area contributed by atoms with Crippen LogP contribution in [0.2, 0.25) is 0 Å². The molecule has 2 aromatic carbocycles. The standard InChI is InChI=1S/C27H31N5O3S/c1-5-12-18(2)31-25(34)22(17-23(33)28-20-13-8-6-9-14-20)36-27(31)29-24-19(3)30(4)32(26(24)35)21-15-10-7-11-16-21/h6-11,13-16,18,22H,5,12,17H2,1-4H3,(H,28,33)/t18-,22+/m0/s1. The number of aliphatic imine (C=N–C) groups is 1. The van der Waals surface area contributed by atoms with E-state index in [4.69, 9.17) is 4.99 Å². The normalized spacial score (nSPS) is 17.6. The smallest absolute Gasteiger partial charge is 0.297 e. The first-order valence-corrected chi connectivity index (χ1v) is 13.0. The minimum atomic E-state index is -0.605. The van der Waals surface area contributed by atoms with Crippen LogP contribution in [0.15, 0.2) is 70.5 Å². The van der Waals surface area contributed by atoms with Gasteiger partial charge in [-0.15, -0.1) is 0 Å². The number of hydrogen-bond donors (Lipinski definition) is 1. The van der Waals surface area contributed by atoms with Crippen LogP contribution in [0.1, 0.15) is 38.8 Å². The largest absolute Gasteiger partial charge is 0.326 e. The van der Waals surface area contributed by atoms with Crippen molar-refractivity contribution in [1.29, 1.82) is 0 Å². The Morgan fingerprint density at radius 2 is 1.72 bits per heavy atom. The predicted octanol–water partition coefficient (Wildman–Crippen LogP) is 4.63. The van der Waals surface area contributed by atoms with E-state index in [0.29, 0.717) is 22.2 Å². The van der Waals surface area contributed by atoms with Crippen molar-refractivity contribution < 1.29 is 9.59 Å². The van der Waals surface area contributed by atoms with Crippen molar-refractivity contribution >= 4 is 40.1 Å². The van der Waals surface area contributed by atoms with Crippen molar-refractivity contribution in [1.82, 2.24) is 14.3 Å². The fourth-order valence-electron chi connectivity index (χ4n) is 4.33. The number of benzene rings is 2. The molecule has 1 saturated heterocycles. The molecule has 1 aliphatic heterocycles. The fourth-order valence-corrected chi connectivity index (χ4v) is 5.56. The topological polar surface area (TPSA) is 88.7 Å². The Morgan fingerprint density at radius 3 is 2.36 bits per heavy atom. The number of para-hydroxylation sites is 2. The summed E-state index contributed by atoms with van der Waals surface area (Å²) in [6, 6.07) is 18.4. The highest BCUT2D eigenvalue weighted by atomic mass is 32.2. The number of carbonyl (C=O) groups is 2. The Labute approximate surface area is 215 Å². The van der Waals surface area contributed by atoms with E-state index < -0.39 is 5.25 Å². The third-order valence-electron chi connectivity index (χ3n) is 6.27. The number of amidine groups is 1. The minimum Gasteiger partial charge on any atom is -0.326 e. The second-order valence-electron chi connectivity index (χ2n) is 8.88. The number of carbonyl (C=O) groups excluding carboxylic acids is 2. The van der Waals surface area contributed by atoms with Gasteiger partial charge in [0.2, 0.25) is 11.8 Å². The van der Waals surface area contributed by atoms with Gasteiger partial charge in [-0.05, 0) is 44.5 Å². The first-order chi connectivity index (χ1) is 17.3. The number of aromatic nitrogens is 2. The molecule has 0 bridgehead atoms. The molecule has 0 spiro atoms. The molecule has 2 amide bonds. The number of amides is 2. The molecule has 1 aliphatic rings. The summed E-state index contributed by atoms with van der Waals surface area (Å²) in [5, 5.41) is 2.71. The fraction of sp³-hybridized carbons (Fsp3) is 0.333. The molecule has 2 atom stereocenters. The summed E-state index contributed by atoms with van der Waals surface area (Å²) >= 11 is 1.25. The second kappa shape index (κ2) is 11.0. The molecule has 0 saturated carbocycles. The van der Waals surface area contributed by atoms with Gasteiger partial charge in [-0.2, -0.15) is 0 Å².